The lowest BCUT2D eigenvalue weighted by molar-refractivity contribution is 0.0576. The lowest BCUT2D eigenvalue weighted by Crippen LogP contribution is -2.26. The summed E-state index contributed by atoms with van der Waals surface area (Å²) in [5, 5.41) is 22.9. The molecule has 96 valence electrons. The van der Waals surface area contributed by atoms with Gasteiger partial charge in [0.25, 0.3) is 0 Å². The minimum Gasteiger partial charge on any atom is -0.476 e. The van der Waals surface area contributed by atoms with Gasteiger partial charge in [0, 0.05) is 5.39 Å². The lowest BCUT2D eigenvalue weighted by Gasteiger charge is -2.17. The van der Waals surface area contributed by atoms with Gasteiger partial charge in [-0.2, -0.15) is 5.10 Å². The van der Waals surface area contributed by atoms with Crippen LogP contribution in [0.3, 0.4) is 0 Å². The van der Waals surface area contributed by atoms with E-state index in [1.54, 1.807) is 13.8 Å². The van der Waals surface area contributed by atoms with Crippen LogP contribution in [0, 0.1) is 5.82 Å². The van der Waals surface area contributed by atoms with Crippen LogP contribution in [0.4, 0.5) is 4.39 Å². The van der Waals surface area contributed by atoms with Crippen molar-refractivity contribution in [1.29, 1.82) is 0 Å². The normalized spacial score (nSPS) is 12.0. The molecule has 0 atom stereocenters. The van der Waals surface area contributed by atoms with Gasteiger partial charge in [0.1, 0.15) is 5.82 Å². The van der Waals surface area contributed by atoms with Gasteiger partial charge in [-0.1, -0.05) is 0 Å². The van der Waals surface area contributed by atoms with Crippen molar-refractivity contribution in [3.8, 4) is 0 Å². The number of carbonyl (C=O) groups is 1. The predicted octanol–water partition coefficient (Wildman–Crippen LogP) is 1.64. The van der Waals surface area contributed by atoms with Crippen LogP contribution in [-0.2, 0) is 6.54 Å². The lowest BCUT2D eigenvalue weighted by atomic mass is 10.1. The molecule has 0 radical (unpaired) electrons. The molecule has 0 aliphatic rings. The number of hydrogen-bond acceptors (Lipinski definition) is 3. The maximum absolute atomic E-state index is 13.1. The molecule has 1 aromatic heterocycles. The second-order valence-corrected chi connectivity index (χ2v) is 4.79. The molecule has 6 heteroatoms. The van der Waals surface area contributed by atoms with Crippen LogP contribution < -0.4 is 0 Å². The summed E-state index contributed by atoms with van der Waals surface area (Å²) in [6, 6.07) is 3.82. The average Bonchev–Trinajstić information content (AvgIpc) is 2.54. The zero-order valence-corrected chi connectivity index (χ0v) is 10.0. The van der Waals surface area contributed by atoms with E-state index in [0.29, 0.717) is 5.52 Å². The Balaban J connectivity index is 2.65. The summed E-state index contributed by atoms with van der Waals surface area (Å²) in [4.78, 5) is 11.0. The zero-order valence-electron chi connectivity index (χ0n) is 10.0. The molecule has 0 fully saturated rings. The van der Waals surface area contributed by atoms with E-state index in [0.717, 1.165) is 6.07 Å². The molecule has 0 bridgehead atoms. The number of aromatic nitrogens is 2. The Kier molecular flexibility index (Phi) is 2.82. The number of benzene rings is 1. The molecular formula is C12H13FN2O3. The molecular weight excluding hydrogens is 239 g/mol. The fourth-order valence-electron chi connectivity index (χ4n) is 1.80. The van der Waals surface area contributed by atoms with Crippen molar-refractivity contribution in [3.63, 3.8) is 0 Å². The first kappa shape index (κ1) is 12.5. The highest BCUT2D eigenvalue weighted by molar-refractivity contribution is 6.01. The Morgan fingerprint density at radius 1 is 1.50 bits per heavy atom. The topological polar surface area (TPSA) is 75.3 Å². The highest BCUT2D eigenvalue weighted by Gasteiger charge is 2.21. The van der Waals surface area contributed by atoms with Gasteiger partial charge in [-0.05, 0) is 32.0 Å². The number of carboxylic acid groups (broad SMARTS) is 1. The van der Waals surface area contributed by atoms with Gasteiger partial charge in [-0.3, -0.25) is 4.68 Å². The fourth-order valence-corrected chi connectivity index (χ4v) is 1.80. The maximum Gasteiger partial charge on any atom is 0.357 e. The van der Waals surface area contributed by atoms with Crippen molar-refractivity contribution < 1.29 is 19.4 Å². The Labute approximate surface area is 102 Å². The van der Waals surface area contributed by atoms with E-state index < -0.39 is 17.4 Å². The van der Waals surface area contributed by atoms with Gasteiger partial charge in [0.05, 0.1) is 17.7 Å². The van der Waals surface area contributed by atoms with Crippen LogP contribution in [0.2, 0.25) is 0 Å². The van der Waals surface area contributed by atoms with Crippen molar-refractivity contribution in [3.05, 3.63) is 29.7 Å². The largest absolute Gasteiger partial charge is 0.476 e. The number of halogens is 1. The first-order valence-corrected chi connectivity index (χ1v) is 5.40. The molecule has 0 unspecified atom stereocenters. The number of aromatic carboxylic acids is 1. The smallest absolute Gasteiger partial charge is 0.357 e. The molecule has 0 spiro atoms. The van der Waals surface area contributed by atoms with Crippen LogP contribution in [0.1, 0.15) is 24.3 Å². The number of fused-ring (bicyclic) bond motifs is 1. The van der Waals surface area contributed by atoms with E-state index in [2.05, 4.69) is 5.10 Å². The van der Waals surface area contributed by atoms with Crippen molar-refractivity contribution in [2.75, 3.05) is 0 Å². The van der Waals surface area contributed by atoms with Gasteiger partial charge >= 0.3 is 5.97 Å². The first-order valence-electron chi connectivity index (χ1n) is 5.40. The molecule has 0 aliphatic heterocycles. The molecule has 0 saturated carbocycles. The standard InChI is InChI=1S/C12H13FN2O3/c1-12(2,18)6-15-9-4-3-7(13)5-8(9)10(14-15)11(16)17/h3-5,18H,6H2,1-2H3,(H,16,17). The Hall–Kier alpha value is -1.95. The fraction of sp³-hybridized carbons (Fsp3) is 0.333. The molecule has 0 saturated heterocycles. The zero-order chi connectivity index (χ0) is 13.5. The van der Waals surface area contributed by atoms with Crippen LogP contribution in [0.25, 0.3) is 10.9 Å². The van der Waals surface area contributed by atoms with Crippen molar-refractivity contribution in [2.45, 2.75) is 26.0 Å². The van der Waals surface area contributed by atoms with Crippen LogP contribution in [-0.4, -0.2) is 31.6 Å². The molecule has 2 N–H and O–H groups in total. The van der Waals surface area contributed by atoms with E-state index >= 15 is 0 Å². The maximum atomic E-state index is 13.1. The molecule has 0 aliphatic carbocycles. The molecule has 18 heavy (non-hydrogen) atoms. The summed E-state index contributed by atoms with van der Waals surface area (Å²) in [7, 11) is 0. The summed E-state index contributed by atoms with van der Waals surface area (Å²) in [5.41, 5.74) is -0.770. The molecule has 2 rings (SSSR count). The number of aliphatic hydroxyl groups is 1. The van der Waals surface area contributed by atoms with E-state index in [4.69, 9.17) is 5.11 Å². The van der Waals surface area contributed by atoms with E-state index in [1.807, 2.05) is 0 Å². The number of rotatable bonds is 3. The van der Waals surface area contributed by atoms with Crippen LogP contribution in [0.15, 0.2) is 18.2 Å². The molecule has 1 heterocycles. The summed E-state index contributed by atoms with van der Waals surface area (Å²) >= 11 is 0. The second-order valence-electron chi connectivity index (χ2n) is 4.79. The van der Waals surface area contributed by atoms with E-state index in [1.165, 1.54) is 16.8 Å². The third kappa shape index (κ3) is 2.33. The summed E-state index contributed by atoms with van der Waals surface area (Å²) < 4.78 is 14.5. The van der Waals surface area contributed by atoms with Crippen molar-refractivity contribution in [1.82, 2.24) is 9.78 Å². The minimum absolute atomic E-state index is 0.127. The Morgan fingerprint density at radius 3 is 2.72 bits per heavy atom. The second kappa shape index (κ2) is 4.06. The van der Waals surface area contributed by atoms with Gasteiger partial charge in [0.2, 0.25) is 0 Å². The van der Waals surface area contributed by atoms with Gasteiger partial charge in [0.15, 0.2) is 5.69 Å². The summed E-state index contributed by atoms with van der Waals surface area (Å²) in [6.07, 6.45) is 0. The van der Waals surface area contributed by atoms with Gasteiger partial charge < -0.3 is 10.2 Å². The number of nitrogens with zero attached hydrogens (tertiary/aromatic N) is 2. The van der Waals surface area contributed by atoms with Gasteiger partial charge in [-0.15, -0.1) is 0 Å². The summed E-state index contributed by atoms with van der Waals surface area (Å²) in [5.74, 6) is -1.74. The number of hydrogen-bond donors (Lipinski definition) is 2. The van der Waals surface area contributed by atoms with Gasteiger partial charge in [-0.25, -0.2) is 9.18 Å². The third-order valence-corrected chi connectivity index (χ3v) is 2.45. The SMILES string of the molecule is CC(C)(O)Cn1nc(C(=O)O)c2cc(F)ccc21. The third-order valence-electron chi connectivity index (χ3n) is 2.45. The molecule has 0 amide bonds. The monoisotopic (exact) mass is 252 g/mol. The predicted molar refractivity (Wildman–Crippen MR) is 62.9 cm³/mol. The Bertz CT molecular complexity index is 614. The molecule has 1 aromatic carbocycles. The quantitative estimate of drug-likeness (QED) is 0.870. The van der Waals surface area contributed by atoms with Crippen LogP contribution in [0.5, 0.6) is 0 Å². The average molecular weight is 252 g/mol. The minimum atomic E-state index is -1.22. The summed E-state index contributed by atoms with van der Waals surface area (Å²) in [6.45, 7) is 3.30. The number of carboxylic acids is 1. The van der Waals surface area contributed by atoms with Crippen LogP contribution >= 0.6 is 0 Å². The van der Waals surface area contributed by atoms with Crippen molar-refractivity contribution in [2.24, 2.45) is 0 Å². The van der Waals surface area contributed by atoms with Crippen molar-refractivity contribution >= 4 is 16.9 Å². The van der Waals surface area contributed by atoms with E-state index in [-0.39, 0.29) is 17.6 Å². The highest BCUT2D eigenvalue weighted by Crippen LogP contribution is 2.21. The first-order chi connectivity index (χ1) is 8.28. The highest BCUT2D eigenvalue weighted by atomic mass is 19.1. The Morgan fingerprint density at radius 2 is 2.17 bits per heavy atom. The molecule has 2 aromatic rings. The van der Waals surface area contributed by atoms with E-state index in [9.17, 15) is 14.3 Å². The molecule has 5 nitrogen and oxygen atoms in total.